The molecule has 1 aliphatic heterocycles. The van der Waals surface area contributed by atoms with E-state index in [1.165, 1.54) is 18.3 Å². The molecule has 2 N–H and O–H groups in total. The molecule has 1 saturated heterocycles. The highest BCUT2D eigenvalue weighted by atomic mass is 19.4. The molecule has 0 bridgehead atoms. The summed E-state index contributed by atoms with van der Waals surface area (Å²) in [6.07, 6.45) is 0.171. The van der Waals surface area contributed by atoms with E-state index in [0.717, 1.165) is 25.9 Å². The lowest BCUT2D eigenvalue weighted by atomic mass is 10.1. The minimum Gasteiger partial charge on any atom is -0.405 e. The third kappa shape index (κ3) is 4.88. The zero-order chi connectivity index (χ0) is 22.0. The highest BCUT2D eigenvalue weighted by Crippen LogP contribution is 2.35. The maximum atomic E-state index is 12.9. The Morgan fingerprint density at radius 1 is 1.29 bits per heavy atom. The molecular weight excluding hydrogens is 413 g/mol. The Bertz CT molecular complexity index is 1050. The zero-order valence-electron chi connectivity index (χ0n) is 16.9. The van der Waals surface area contributed by atoms with Crippen molar-refractivity contribution in [2.24, 2.45) is 0 Å². The quantitative estimate of drug-likeness (QED) is 0.614. The van der Waals surface area contributed by atoms with Crippen LogP contribution >= 0.6 is 0 Å². The number of nitrogens with zero attached hydrogens (tertiary/aromatic N) is 5. The van der Waals surface area contributed by atoms with Gasteiger partial charge in [-0.15, -0.1) is 23.4 Å². The fourth-order valence-corrected chi connectivity index (χ4v) is 3.86. The third-order valence-corrected chi connectivity index (χ3v) is 5.23. The first-order valence-electron chi connectivity index (χ1n) is 9.99. The van der Waals surface area contributed by atoms with Gasteiger partial charge in [0.1, 0.15) is 17.8 Å². The van der Waals surface area contributed by atoms with Gasteiger partial charge in [0.05, 0.1) is 18.3 Å². The summed E-state index contributed by atoms with van der Waals surface area (Å²) in [5.41, 5.74) is 1.56. The van der Waals surface area contributed by atoms with E-state index in [9.17, 15) is 18.3 Å². The first-order valence-corrected chi connectivity index (χ1v) is 9.99. The molecule has 8 nitrogen and oxygen atoms in total. The number of rotatable bonds is 6. The van der Waals surface area contributed by atoms with Gasteiger partial charge in [-0.2, -0.15) is 0 Å². The number of aromatic nitrogens is 4. The molecule has 2 aromatic heterocycles. The number of aliphatic hydroxyl groups excluding tert-OH is 1. The van der Waals surface area contributed by atoms with Crippen LogP contribution in [-0.2, 0) is 0 Å². The summed E-state index contributed by atoms with van der Waals surface area (Å²) in [6.45, 7) is 4.08. The molecule has 0 saturated carbocycles. The molecule has 0 radical (unpaired) electrons. The van der Waals surface area contributed by atoms with E-state index in [0.29, 0.717) is 23.6 Å². The van der Waals surface area contributed by atoms with Crippen LogP contribution in [0.2, 0.25) is 0 Å². The normalized spacial score (nSPS) is 17.8. The minimum absolute atomic E-state index is 0.103. The topological polar surface area (TPSA) is 87.8 Å². The molecule has 0 spiro atoms. The van der Waals surface area contributed by atoms with Crippen molar-refractivity contribution in [3.63, 3.8) is 0 Å². The number of halogens is 3. The van der Waals surface area contributed by atoms with Crippen LogP contribution in [0.4, 0.5) is 19.1 Å². The minimum atomic E-state index is -4.82. The van der Waals surface area contributed by atoms with E-state index < -0.39 is 6.36 Å². The van der Waals surface area contributed by atoms with Crippen LogP contribution in [0.5, 0.6) is 5.75 Å². The Balaban J connectivity index is 1.66. The van der Waals surface area contributed by atoms with E-state index in [-0.39, 0.29) is 29.7 Å². The first kappa shape index (κ1) is 21.3. The van der Waals surface area contributed by atoms with Gasteiger partial charge in [-0.3, -0.25) is 9.30 Å². The average Bonchev–Trinajstić information content (AvgIpc) is 3.19. The van der Waals surface area contributed by atoms with Crippen molar-refractivity contribution < 1.29 is 23.0 Å². The molecule has 0 aliphatic carbocycles. The highest BCUT2D eigenvalue weighted by Gasteiger charge is 2.33. The van der Waals surface area contributed by atoms with E-state index >= 15 is 0 Å². The number of anilines is 1. The number of ether oxygens (including phenoxy) is 1. The number of piperidine rings is 1. The van der Waals surface area contributed by atoms with Crippen molar-refractivity contribution >= 4 is 11.5 Å². The number of benzene rings is 1. The maximum Gasteiger partial charge on any atom is 0.573 e. The fourth-order valence-electron chi connectivity index (χ4n) is 3.86. The molecule has 1 aliphatic rings. The molecule has 3 aromatic rings. The summed E-state index contributed by atoms with van der Waals surface area (Å²) in [7, 11) is 0. The van der Waals surface area contributed by atoms with Gasteiger partial charge in [0, 0.05) is 24.7 Å². The molecule has 1 unspecified atom stereocenters. The van der Waals surface area contributed by atoms with Gasteiger partial charge in [0.2, 0.25) is 5.95 Å². The van der Waals surface area contributed by atoms with Gasteiger partial charge in [0.15, 0.2) is 0 Å². The van der Waals surface area contributed by atoms with Gasteiger partial charge in [-0.25, -0.2) is 4.98 Å². The van der Waals surface area contributed by atoms with Crippen molar-refractivity contribution in [1.82, 2.24) is 24.5 Å². The number of alkyl halides is 3. The van der Waals surface area contributed by atoms with Gasteiger partial charge < -0.3 is 15.2 Å². The molecule has 166 valence electrons. The number of hydrogen-bond acceptors (Lipinski definition) is 7. The lowest BCUT2D eigenvalue weighted by Gasteiger charge is -2.32. The maximum absolute atomic E-state index is 12.9. The average molecular weight is 436 g/mol. The van der Waals surface area contributed by atoms with Crippen LogP contribution in [0.3, 0.4) is 0 Å². The summed E-state index contributed by atoms with van der Waals surface area (Å²) < 4.78 is 44.7. The van der Waals surface area contributed by atoms with Crippen LogP contribution in [-0.4, -0.2) is 68.2 Å². The van der Waals surface area contributed by atoms with Crippen molar-refractivity contribution in [3.8, 4) is 17.0 Å². The Morgan fingerprint density at radius 3 is 2.90 bits per heavy atom. The van der Waals surface area contributed by atoms with E-state index in [4.69, 9.17) is 0 Å². The molecule has 1 atom stereocenters. The molecule has 1 fully saturated rings. The fraction of sp³-hybridized carbons (Fsp3) is 0.450. The number of hydrogen-bond donors (Lipinski definition) is 2. The Labute approximate surface area is 176 Å². The zero-order valence-corrected chi connectivity index (χ0v) is 16.9. The lowest BCUT2D eigenvalue weighted by Crippen LogP contribution is -2.43. The molecule has 4 rings (SSSR count). The van der Waals surface area contributed by atoms with E-state index in [2.05, 4.69) is 30.1 Å². The number of fused-ring (bicyclic) bond motifs is 1. The van der Waals surface area contributed by atoms with E-state index in [1.807, 2.05) is 0 Å². The SMILES string of the molecule is Cc1ccc(-c2nnc(NC3CCCN(CCO)C3)n3cncc23)c(OC(F)(F)F)c1. The largest absolute Gasteiger partial charge is 0.573 e. The highest BCUT2D eigenvalue weighted by molar-refractivity contribution is 5.81. The third-order valence-electron chi connectivity index (χ3n) is 5.23. The molecule has 11 heteroatoms. The van der Waals surface area contributed by atoms with Crippen LogP contribution in [0.25, 0.3) is 16.8 Å². The summed E-state index contributed by atoms with van der Waals surface area (Å²) in [5.74, 6) is 0.120. The van der Waals surface area contributed by atoms with Gasteiger partial charge in [-0.1, -0.05) is 6.07 Å². The van der Waals surface area contributed by atoms with Crippen molar-refractivity contribution in [1.29, 1.82) is 0 Å². The summed E-state index contributed by atoms with van der Waals surface area (Å²) in [5, 5.41) is 21.0. The second kappa shape index (κ2) is 8.67. The van der Waals surface area contributed by atoms with Crippen molar-refractivity contribution in [2.75, 3.05) is 31.6 Å². The summed E-state index contributed by atoms with van der Waals surface area (Å²) in [6, 6.07) is 4.65. The molecular formula is C20H23F3N6O2. The monoisotopic (exact) mass is 436 g/mol. The Morgan fingerprint density at radius 2 is 2.13 bits per heavy atom. The van der Waals surface area contributed by atoms with Crippen LogP contribution in [0.1, 0.15) is 18.4 Å². The van der Waals surface area contributed by atoms with Gasteiger partial charge in [-0.05, 0) is 44.0 Å². The molecule has 1 aromatic carbocycles. The Hall–Kier alpha value is -2.92. The second-order valence-corrected chi connectivity index (χ2v) is 7.58. The summed E-state index contributed by atoms with van der Waals surface area (Å²) >= 11 is 0. The molecule has 31 heavy (non-hydrogen) atoms. The number of nitrogens with one attached hydrogen (secondary N) is 1. The van der Waals surface area contributed by atoms with E-state index in [1.54, 1.807) is 23.7 Å². The lowest BCUT2D eigenvalue weighted by molar-refractivity contribution is -0.274. The predicted octanol–water partition coefficient (Wildman–Crippen LogP) is 2.87. The molecule has 3 heterocycles. The van der Waals surface area contributed by atoms with Crippen molar-refractivity contribution in [3.05, 3.63) is 36.3 Å². The predicted molar refractivity (Wildman–Crippen MR) is 108 cm³/mol. The van der Waals surface area contributed by atoms with Gasteiger partial charge >= 0.3 is 6.36 Å². The van der Waals surface area contributed by atoms with Gasteiger partial charge in [0.25, 0.3) is 0 Å². The first-order chi connectivity index (χ1) is 14.8. The molecule has 0 amide bonds. The number of imidazole rings is 1. The number of β-amino-alcohol motifs (C(OH)–C–C–N with tert-alkyl or cyclic N) is 1. The van der Waals surface area contributed by atoms with Crippen molar-refractivity contribution in [2.45, 2.75) is 32.2 Å². The smallest absolute Gasteiger partial charge is 0.405 e. The van der Waals surface area contributed by atoms with Crippen LogP contribution in [0, 0.1) is 6.92 Å². The van der Waals surface area contributed by atoms with Crippen LogP contribution in [0.15, 0.2) is 30.7 Å². The Kier molecular flexibility index (Phi) is 5.96. The standard InChI is InChI=1S/C20H23F3N6O2/c1-13-4-5-15(17(9-13)31-20(21,22)23)18-16-10-24-12-29(16)19(27-26-18)25-14-3-2-6-28(11-14)7-8-30/h4-5,9-10,12,14,30H,2-3,6-8,11H2,1H3,(H,25,27). The second-order valence-electron chi connectivity index (χ2n) is 7.58. The summed E-state index contributed by atoms with van der Waals surface area (Å²) in [4.78, 5) is 6.31. The van der Waals surface area contributed by atoms with Crippen LogP contribution < -0.4 is 10.1 Å². The number of aliphatic hydroxyl groups is 1. The number of likely N-dealkylation sites (tertiary alicyclic amines) is 1. The number of aryl methyl sites for hydroxylation is 1.